The third kappa shape index (κ3) is 2.84. The number of benzene rings is 4. The molecule has 2 heterocycles. The van der Waals surface area contributed by atoms with E-state index in [-0.39, 0.29) is 11.1 Å². The van der Waals surface area contributed by atoms with Crippen LogP contribution in [0.1, 0.15) is 5.56 Å². The number of aromatic nitrogens is 2. The summed E-state index contributed by atoms with van der Waals surface area (Å²) in [7, 11) is 0. The van der Waals surface area contributed by atoms with Crippen molar-refractivity contribution >= 4 is 21.7 Å². The van der Waals surface area contributed by atoms with Crippen molar-refractivity contribution in [2.45, 2.75) is 6.92 Å². The van der Waals surface area contributed by atoms with Gasteiger partial charge < -0.3 is 0 Å². The molecule has 0 aliphatic carbocycles. The van der Waals surface area contributed by atoms with Gasteiger partial charge in [-0.05, 0) is 36.8 Å². The van der Waals surface area contributed by atoms with Gasteiger partial charge in [0.05, 0.1) is 22.0 Å². The van der Waals surface area contributed by atoms with Gasteiger partial charge >= 0.3 is 0 Å². The van der Waals surface area contributed by atoms with Gasteiger partial charge in [-0.2, -0.15) is 0 Å². The van der Waals surface area contributed by atoms with E-state index in [0.717, 1.165) is 27.6 Å². The van der Waals surface area contributed by atoms with E-state index in [0.29, 0.717) is 22.0 Å². The first-order chi connectivity index (χ1) is 16.1. The van der Waals surface area contributed by atoms with E-state index < -0.39 is 0 Å². The average Bonchev–Trinajstić information content (AvgIpc) is 2.87. The lowest BCUT2D eigenvalue weighted by Crippen LogP contribution is -2.32. The lowest BCUT2D eigenvalue weighted by atomic mass is 9.94. The second-order valence-electron chi connectivity index (χ2n) is 8.26. The van der Waals surface area contributed by atoms with Gasteiger partial charge in [-0.3, -0.25) is 9.59 Å². The van der Waals surface area contributed by atoms with Crippen molar-refractivity contribution in [1.29, 1.82) is 0 Å². The maximum atomic E-state index is 13.9. The quantitative estimate of drug-likeness (QED) is 0.262. The predicted octanol–water partition coefficient (Wildman–Crippen LogP) is 5.71. The van der Waals surface area contributed by atoms with E-state index in [9.17, 15) is 9.59 Å². The Morgan fingerprint density at radius 3 is 1.73 bits per heavy atom. The van der Waals surface area contributed by atoms with Crippen LogP contribution in [0.4, 0.5) is 0 Å². The molecule has 0 fully saturated rings. The Morgan fingerprint density at radius 1 is 0.545 bits per heavy atom. The van der Waals surface area contributed by atoms with Gasteiger partial charge in [0, 0.05) is 16.5 Å². The minimum atomic E-state index is -0.219. The monoisotopic (exact) mass is 428 g/mol. The lowest BCUT2D eigenvalue weighted by molar-refractivity contribution is 0.779. The second-order valence-corrected chi connectivity index (χ2v) is 8.26. The molecule has 0 aliphatic rings. The molecule has 0 spiro atoms. The van der Waals surface area contributed by atoms with Gasteiger partial charge in [-0.25, -0.2) is 9.03 Å². The molecule has 0 unspecified atom stereocenters. The first-order valence-electron chi connectivity index (χ1n) is 10.9. The Bertz CT molecular complexity index is 1800. The van der Waals surface area contributed by atoms with Crippen molar-refractivity contribution < 1.29 is 0 Å². The maximum absolute atomic E-state index is 13.9. The van der Waals surface area contributed by atoms with Crippen LogP contribution in [0.25, 0.3) is 44.1 Å². The first-order valence-corrected chi connectivity index (χ1v) is 10.9. The number of hydrogen-bond acceptors (Lipinski definition) is 2. The van der Waals surface area contributed by atoms with Crippen molar-refractivity contribution in [3.8, 4) is 22.4 Å². The fraction of sp³-hybridized carbons (Fsp3) is 0.0345. The lowest BCUT2D eigenvalue weighted by Gasteiger charge is -2.20. The van der Waals surface area contributed by atoms with E-state index in [1.807, 2.05) is 79.7 Å². The minimum Gasteiger partial charge on any atom is -0.267 e. The SMILES string of the molecule is Cc1ccc2c(c1)c(-c1ccccc1)c(-c1ccccc1)n1c(=O)c3ccccc3c(=O)n21. The molecule has 158 valence electrons. The predicted molar refractivity (Wildman–Crippen MR) is 134 cm³/mol. The van der Waals surface area contributed by atoms with Crippen LogP contribution >= 0.6 is 0 Å². The Morgan fingerprint density at radius 2 is 1.09 bits per heavy atom. The Labute approximate surface area is 189 Å². The first kappa shape index (κ1) is 19.3. The van der Waals surface area contributed by atoms with Crippen LogP contribution in [-0.2, 0) is 0 Å². The summed E-state index contributed by atoms with van der Waals surface area (Å²) < 4.78 is 3.09. The van der Waals surface area contributed by atoms with Crippen molar-refractivity contribution in [1.82, 2.24) is 9.03 Å². The molecule has 0 radical (unpaired) electrons. The molecule has 0 N–H and O–H groups in total. The van der Waals surface area contributed by atoms with Crippen LogP contribution in [0, 0.1) is 6.92 Å². The van der Waals surface area contributed by atoms with Crippen LogP contribution < -0.4 is 11.1 Å². The van der Waals surface area contributed by atoms with Gasteiger partial charge in [-0.1, -0.05) is 84.4 Å². The van der Waals surface area contributed by atoms with Gasteiger partial charge in [0.2, 0.25) is 0 Å². The largest absolute Gasteiger partial charge is 0.278 e. The molecule has 6 rings (SSSR count). The molecule has 0 saturated carbocycles. The summed E-state index contributed by atoms with van der Waals surface area (Å²) in [5.41, 5.74) is 4.84. The van der Waals surface area contributed by atoms with Crippen LogP contribution in [0.15, 0.2) is 113 Å². The number of hydrogen-bond donors (Lipinski definition) is 0. The van der Waals surface area contributed by atoms with Crippen LogP contribution in [0.5, 0.6) is 0 Å². The van der Waals surface area contributed by atoms with Gasteiger partial charge in [0.1, 0.15) is 0 Å². The Kier molecular flexibility index (Phi) is 4.27. The smallest absolute Gasteiger partial charge is 0.267 e. The highest BCUT2D eigenvalue weighted by molar-refractivity contribution is 6.02. The van der Waals surface area contributed by atoms with E-state index in [1.165, 1.54) is 4.52 Å². The van der Waals surface area contributed by atoms with Crippen molar-refractivity contribution in [2.75, 3.05) is 0 Å². The summed E-state index contributed by atoms with van der Waals surface area (Å²) in [4.78, 5) is 27.7. The fourth-order valence-corrected chi connectivity index (χ4v) is 4.71. The standard InChI is InChI=1S/C29H20N2O2/c1-19-16-17-25-24(18-19)26(20-10-4-2-5-11-20)27(21-12-6-3-7-13-21)31-29(33)23-15-9-8-14-22(23)28(32)30(25)31/h2-18H,1H3. The third-order valence-electron chi connectivity index (χ3n) is 6.18. The highest BCUT2D eigenvalue weighted by Gasteiger charge is 2.21. The van der Waals surface area contributed by atoms with Gasteiger partial charge in [0.15, 0.2) is 0 Å². The highest BCUT2D eigenvalue weighted by atomic mass is 16.2. The molecule has 0 bridgehead atoms. The molecular formula is C29H20N2O2. The summed E-state index contributed by atoms with van der Waals surface area (Å²) >= 11 is 0. The van der Waals surface area contributed by atoms with Crippen molar-refractivity contribution in [3.05, 3.63) is 129 Å². The van der Waals surface area contributed by atoms with E-state index in [1.54, 1.807) is 28.8 Å². The number of fused-ring (bicyclic) bond motifs is 4. The summed E-state index contributed by atoms with van der Waals surface area (Å²) in [6.45, 7) is 2.04. The molecule has 6 aromatic rings. The minimum absolute atomic E-state index is 0.212. The zero-order valence-corrected chi connectivity index (χ0v) is 18.0. The fourth-order valence-electron chi connectivity index (χ4n) is 4.71. The van der Waals surface area contributed by atoms with E-state index >= 15 is 0 Å². The molecule has 0 saturated heterocycles. The Hall–Kier alpha value is -4.44. The summed E-state index contributed by atoms with van der Waals surface area (Å²) in [5, 5.41) is 1.76. The molecule has 2 aromatic heterocycles. The molecule has 0 amide bonds. The zero-order chi connectivity index (χ0) is 22.5. The topological polar surface area (TPSA) is 43.0 Å². The summed E-state index contributed by atoms with van der Waals surface area (Å²) in [5.74, 6) is 0. The molecule has 4 heteroatoms. The van der Waals surface area contributed by atoms with Crippen LogP contribution in [0.3, 0.4) is 0 Å². The number of rotatable bonds is 2. The molecular weight excluding hydrogens is 408 g/mol. The molecule has 4 nitrogen and oxygen atoms in total. The number of nitrogens with zero attached hydrogens (tertiary/aromatic N) is 2. The van der Waals surface area contributed by atoms with Crippen LogP contribution in [0.2, 0.25) is 0 Å². The Balaban J connectivity index is 2.02. The maximum Gasteiger partial charge on any atom is 0.278 e. The normalized spacial score (nSPS) is 11.4. The van der Waals surface area contributed by atoms with Crippen molar-refractivity contribution in [3.63, 3.8) is 0 Å². The zero-order valence-electron chi connectivity index (χ0n) is 18.0. The summed E-state index contributed by atoms with van der Waals surface area (Å²) in [6.07, 6.45) is 0. The van der Waals surface area contributed by atoms with Crippen molar-refractivity contribution in [2.24, 2.45) is 0 Å². The highest BCUT2D eigenvalue weighted by Crippen LogP contribution is 2.37. The van der Waals surface area contributed by atoms with Gasteiger partial charge in [-0.15, -0.1) is 0 Å². The third-order valence-corrected chi connectivity index (χ3v) is 6.18. The molecule has 0 aliphatic heterocycles. The second kappa shape index (κ2) is 7.31. The van der Waals surface area contributed by atoms with E-state index in [4.69, 9.17) is 0 Å². The molecule has 33 heavy (non-hydrogen) atoms. The van der Waals surface area contributed by atoms with E-state index in [2.05, 4.69) is 6.07 Å². The number of aryl methyl sites for hydroxylation is 1. The van der Waals surface area contributed by atoms with Crippen LogP contribution in [-0.4, -0.2) is 9.03 Å². The molecule has 4 aromatic carbocycles. The average molecular weight is 428 g/mol. The van der Waals surface area contributed by atoms with Gasteiger partial charge in [0.25, 0.3) is 11.1 Å². The molecule has 0 atom stereocenters. The summed E-state index contributed by atoms with van der Waals surface area (Å²) in [6, 6.07) is 32.9.